The van der Waals surface area contributed by atoms with Crippen LogP contribution in [-0.2, 0) is 25.5 Å². The highest BCUT2D eigenvalue weighted by Crippen LogP contribution is 2.38. The third kappa shape index (κ3) is 2.99. The molecule has 0 saturated heterocycles. The number of likely N-dealkylation sites (N-methyl/N-ethyl adjacent to an activating group) is 1. The SMILES string of the molecule is CNC(=O)/C(=C/OC1C=C(C)C(=O)O1)C1CCc2ccccc21. The number of esters is 1. The molecular formula is C18H19NO4. The Labute approximate surface area is 135 Å². The first-order valence-electron chi connectivity index (χ1n) is 7.65. The zero-order valence-corrected chi connectivity index (χ0v) is 13.2. The summed E-state index contributed by atoms with van der Waals surface area (Å²) in [7, 11) is 1.59. The van der Waals surface area contributed by atoms with Crippen molar-refractivity contribution in [1.82, 2.24) is 5.32 Å². The number of fused-ring (bicyclic) bond motifs is 1. The molecule has 1 heterocycles. The second kappa shape index (κ2) is 6.28. The molecule has 2 atom stereocenters. The number of benzene rings is 1. The van der Waals surface area contributed by atoms with E-state index in [1.54, 1.807) is 20.0 Å². The summed E-state index contributed by atoms with van der Waals surface area (Å²) in [5.74, 6) is -0.582. The van der Waals surface area contributed by atoms with Crippen LogP contribution in [0.25, 0.3) is 0 Å². The van der Waals surface area contributed by atoms with Crippen molar-refractivity contribution in [3.05, 3.63) is 58.9 Å². The molecule has 120 valence electrons. The number of nitrogens with one attached hydrogen (secondary N) is 1. The molecule has 23 heavy (non-hydrogen) atoms. The summed E-state index contributed by atoms with van der Waals surface area (Å²) in [6.07, 6.45) is 4.06. The quantitative estimate of drug-likeness (QED) is 0.526. The van der Waals surface area contributed by atoms with Gasteiger partial charge in [-0.1, -0.05) is 24.3 Å². The first kappa shape index (κ1) is 15.3. The van der Waals surface area contributed by atoms with Crippen molar-refractivity contribution >= 4 is 11.9 Å². The van der Waals surface area contributed by atoms with Crippen LogP contribution in [0.3, 0.4) is 0 Å². The van der Waals surface area contributed by atoms with Gasteiger partial charge in [0.25, 0.3) is 12.2 Å². The lowest BCUT2D eigenvalue weighted by molar-refractivity contribution is -0.152. The third-order valence-corrected chi connectivity index (χ3v) is 4.26. The average molecular weight is 313 g/mol. The highest BCUT2D eigenvalue weighted by Gasteiger charge is 2.30. The molecule has 5 heteroatoms. The number of cyclic esters (lactones) is 1. The van der Waals surface area contributed by atoms with Gasteiger partial charge in [0.1, 0.15) is 0 Å². The Morgan fingerprint density at radius 1 is 1.39 bits per heavy atom. The summed E-state index contributed by atoms with van der Waals surface area (Å²) in [5, 5.41) is 2.66. The van der Waals surface area contributed by atoms with E-state index in [2.05, 4.69) is 11.4 Å². The minimum absolute atomic E-state index is 0.00617. The van der Waals surface area contributed by atoms with E-state index in [1.807, 2.05) is 18.2 Å². The van der Waals surface area contributed by atoms with Crippen molar-refractivity contribution in [2.45, 2.75) is 32.0 Å². The Kier molecular flexibility index (Phi) is 4.19. The van der Waals surface area contributed by atoms with E-state index in [1.165, 1.54) is 11.8 Å². The summed E-state index contributed by atoms with van der Waals surface area (Å²) in [6.45, 7) is 1.67. The molecule has 0 radical (unpaired) electrons. The van der Waals surface area contributed by atoms with E-state index >= 15 is 0 Å². The number of hydrogen-bond donors (Lipinski definition) is 1. The maximum Gasteiger partial charge on any atom is 0.336 e. The maximum absolute atomic E-state index is 12.3. The number of ether oxygens (including phenoxy) is 2. The van der Waals surface area contributed by atoms with Crippen molar-refractivity contribution in [3.8, 4) is 0 Å². The molecule has 2 aliphatic rings. The third-order valence-electron chi connectivity index (χ3n) is 4.26. The molecule has 1 amide bonds. The molecule has 0 fully saturated rings. The second-order valence-corrected chi connectivity index (χ2v) is 5.70. The first-order chi connectivity index (χ1) is 11.1. The van der Waals surface area contributed by atoms with Crippen molar-refractivity contribution in [1.29, 1.82) is 0 Å². The number of carbonyl (C=O) groups excluding carboxylic acids is 2. The van der Waals surface area contributed by atoms with Crippen LogP contribution < -0.4 is 5.32 Å². The van der Waals surface area contributed by atoms with Gasteiger partial charge in [-0.15, -0.1) is 0 Å². The fourth-order valence-electron chi connectivity index (χ4n) is 3.03. The molecule has 0 aromatic heterocycles. The smallest absolute Gasteiger partial charge is 0.336 e. The Bertz CT molecular complexity index is 705. The van der Waals surface area contributed by atoms with Crippen molar-refractivity contribution in [2.75, 3.05) is 7.05 Å². The van der Waals surface area contributed by atoms with Crippen LogP contribution in [0.15, 0.2) is 47.7 Å². The van der Waals surface area contributed by atoms with Crippen LogP contribution in [-0.4, -0.2) is 25.2 Å². The summed E-state index contributed by atoms with van der Waals surface area (Å²) in [4.78, 5) is 23.6. The van der Waals surface area contributed by atoms with Gasteiger partial charge in [0.15, 0.2) is 0 Å². The van der Waals surface area contributed by atoms with Gasteiger partial charge in [-0.2, -0.15) is 0 Å². The van der Waals surface area contributed by atoms with Crippen LogP contribution in [0.4, 0.5) is 0 Å². The van der Waals surface area contributed by atoms with E-state index in [9.17, 15) is 9.59 Å². The van der Waals surface area contributed by atoms with Crippen LogP contribution in [0.5, 0.6) is 0 Å². The highest BCUT2D eigenvalue weighted by molar-refractivity contribution is 5.94. The molecular weight excluding hydrogens is 294 g/mol. The van der Waals surface area contributed by atoms with E-state index in [4.69, 9.17) is 9.47 Å². The fourth-order valence-corrected chi connectivity index (χ4v) is 3.03. The normalized spacial score (nSPS) is 23.1. The lowest BCUT2D eigenvalue weighted by Gasteiger charge is -2.16. The molecule has 5 nitrogen and oxygen atoms in total. The molecule has 3 rings (SSSR count). The zero-order chi connectivity index (χ0) is 16.4. The van der Waals surface area contributed by atoms with E-state index in [-0.39, 0.29) is 11.8 Å². The molecule has 0 saturated carbocycles. The highest BCUT2D eigenvalue weighted by atomic mass is 16.7. The molecule has 1 N–H and O–H groups in total. The fraction of sp³-hybridized carbons (Fsp3) is 0.333. The van der Waals surface area contributed by atoms with Crippen LogP contribution in [0.1, 0.15) is 30.4 Å². The molecule has 0 bridgehead atoms. The second-order valence-electron chi connectivity index (χ2n) is 5.70. The lowest BCUT2D eigenvalue weighted by atomic mass is 9.93. The Balaban J connectivity index is 1.83. The standard InChI is InChI=1S/C18H19NO4/c1-11-9-16(23-18(11)21)22-10-15(17(20)19-2)14-8-7-12-5-3-4-6-13(12)14/h3-6,9-10,14,16H,7-8H2,1-2H3,(H,19,20)/b15-10+. The van der Waals surface area contributed by atoms with E-state index in [0.717, 1.165) is 18.4 Å². The van der Waals surface area contributed by atoms with Crippen molar-refractivity contribution in [2.24, 2.45) is 0 Å². The summed E-state index contributed by atoms with van der Waals surface area (Å²) >= 11 is 0. The van der Waals surface area contributed by atoms with Crippen LogP contribution >= 0.6 is 0 Å². The molecule has 1 aromatic carbocycles. The van der Waals surface area contributed by atoms with Gasteiger partial charge >= 0.3 is 5.97 Å². The van der Waals surface area contributed by atoms with Crippen molar-refractivity contribution < 1.29 is 19.1 Å². The van der Waals surface area contributed by atoms with Crippen LogP contribution in [0.2, 0.25) is 0 Å². The Morgan fingerprint density at radius 2 is 2.17 bits per heavy atom. The Morgan fingerprint density at radius 3 is 2.87 bits per heavy atom. The molecule has 1 aliphatic heterocycles. The van der Waals surface area contributed by atoms with Gasteiger partial charge in [0, 0.05) is 24.6 Å². The van der Waals surface area contributed by atoms with Gasteiger partial charge in [-0.3, -0.25) is 4.79 Å². The maximum atomic E-state index is 12.3. The summed E-state index contributed by atoms with van der Waals surface area (Å²) in [5.41, 5.74) is 3.47. The predicted molar refractivity (Wildman–Crippen MR) is 84.4 cm³/mol. The molecule has 1 aromatic rings. The number of carbonyl (C=O) groups is 2. The topological polar surface area (TPSA) is 64.6 Å². The number of amides is 1. The molecule has 2 unspecified atom stereocenters. The largest absolute Gasteiger partial charge is 0.458 e. The van der Waals surface area contributed by atoms with Crippen molar-refractivity contribution in [3.63, 3.8) is 0 Å². The number of aryl methyl sites for hydroxylation is 1. The first-order valence-corrected chi connectivity index (χ1v) is 7.65. The summed E-state index contributed by atoms with van der Waals surface area (Å²) in [6, 6.07) is 8.11. The summed E-state index contributed by atoms with van der Waals surface area (Å²) < 4.78 is 10.6. The monoisotopic (exact) mass is 313 g/mol. The molecule has 1 aliphatic carbocycles. The van der Waals surface area contributed by atoms with Gasteiger partial charge in [-0.25, -0.2) is 4.79 Å². The molecule has 0 spiro atoms. The van der Waals surface area contributed by atoms with Gasteiger partial charge in [0.2, 0.25) is 0 Å². The minimum atomic E-state index is -0.765. The Hall–Kier alpha value is -2.56. The van der Waals surface area contributed by atoms with Gasteiger partial charge in [0.05, 0.1) is 11.8 Å². The number of rotatable bonds is 4. The lowest BCUT2D eigenvalue weighted by Crippen LogP contribution is -2.24. The van der Waals surface area contributed by atoms with Gasteiger partial charge < -0.3 is 14.8 Å². The zero-order valence-electron chi connectivity index (χ0n) is 13.2. The van der Waals surface area contributed by atoms with Crippen LogP contribution in [0, 0.1) is 0 Å². The number of hydrogen-bond acceptors (Lipinski definition) is 4. The van der Waals surface area contributed by atoms with Gasteiger partial charge in [-0.05, 0) is 30.9 Å². The van der Waals surface area contributed by atoms with E-state index < -0.39 is 12.3 Å². The van der Waals surface area contributed by atoms with E-state index in [0.29, 0.717) is 11.1 Å². The predicted octanol–water partition coefficient (Wildman–Crippen LogP) is 2.19. The average Bonchev–Trinajstić information content (AvgIpc) is 3.11. The minimum Gasteiger partial charge on any atom is -0.458 e.